The van der Waals surface area contributed by atoms with Crippen molar-refractivity contribution in [1.82, 2.24) is 10.2 Å². The normalized spacial score (nSPS) is 29.4. The molecule has 1 aromatic carbocycles. The van der Waals surface area contributed by atoms with Gasteiger partial charge in [-0.15, -0.1) is 0 Å². The molecule has 0 spiro atoms. The molecule has 1 aromatic rings. The van der Waals surface area contributed by atoms with Gasteiger partial charge in [0, 0.05) is 6.54 Å². The fourth-order valence-corrected chi connectivity index (χ4v) is 4.42. The van der Waals surface area contributed by atoms with Crippen LogP contribution in [0.5, 0.6) is 0 Å². The van der Waals surface area contributed by atoms with Gasteiger partial charge in [-0.1, -0.05) is 42.0 Å². The molecule has 1 aliphatic heterocycles. The molecule has 25 heavy (non-hydrogen) atoms. The molecule has 5 nitrogen and oxygen atoms in total. The van der Waals surface area contributed by atoms with Crippen molar-refractivity contribution in [2.24, 2.45) is 23.7 Å². The number of hydrogen-bond donors (Lipinski definition) is 1. The Balaban J connectivity index is 1.30. The van der Waals surface area contributed by atoms with Gasteiger partial charge >= 0.3 is 0 Å². The third kappa shape index (κ3) is 2.77. The summed E-state index contributed by atoms with van der Waals surface area (Å²) < 4.78 is 0. The second-order valence-corrected chi connectivity index (χ2v) is 7.35. The summed E-state index contributed by atoms with van der Waals surface area (Å²) in [5.41, 5.74) is 2.35. The Morgan fingerprint density at radius 1 is 1.08 bits per heavy atom. The van der Waals surface area contributed by atoms with E-state index in [2.05, 4.69) is 17.5 Å². The van der Waals surface area contributed by atoms with Crippen LogP contribution < -0.4 is 5.32 Å². The highest BCUT2D eigenvalue weighted by Crippen LogP contribution is 2.52. The molecule has 4 rings (SSSR count). The summed E-state index contributed by atoms with van der Waals surface area (Å²) in [4.78, 5) is 38.4. The fourth-order valence-electron chi connectivity index (χ4n) is 4.42. The minimum absolute atomic E-state index is 0.155. The summed E-state index contributed by atoms with van der Waals surface area (Å²) in [5.74, 6) is -0.706. The molecule has 1 N–H and O–H groups in total. The van der Waals surface area contributed by atoms with E-state index in [1.54, 1.807) is 0 Å². The van der Waals surface area contributed by atoms with Gasteiger partial charge < -0.3 is 5.32 Å². The van der Waals surface area contributed by atoms with Crippen LogP contribution in [0.4, 0.5) is 0 Å². The molecule has 2 fully saturated rings. The third-order valence-corrected chi connectivity index (χ3v) is 5.72. The zero-order chi connectivity index (χ0) is 17.6. The molecule has 0 unspecified atom stereocenters. The van der Waals surface area contributed by atoms with Crippen LogP contribution in [0.2, 0.25) is 0 Å². The van der Waals surface area contributed by atoms with E-state index in [0.29, 0.717) is 6.54 Å². The number of fused-ring (bicyclic) bond motifs is 5. The van der Waals surface area contributed by atoms with Crippen molar-refractivity contribution in [2.45, 2.75) is 19.8 Å². The maximum absolute atomic E-state index is 12.5. The second kappa shape index (κ2) is 6.14. The Labute approximate surface area is 147 Å². The van der Waals surface area contributed by atoms with E-state index in [0.717, 1.165) is 18.4 Å². The van der Waals surface area contributed by atoms with Gasteiger partial charge in [-0.3, -0.25) is 19.3 Å². The molecule has 130 valence electrons. The number of allylic oxidation sites excluding steroid dienone is 2. The number of benzene rings is 1. The molecule has 3 aliphatic rings. The van der Waals surface area contributed by atoms with Crippen LogP contribution in [0.3, 0.4) is 0 Å². The predicted octanol–water partition coefficient (Wildman–Crippen LogP) is 1.46. The van der Waals surface area contributed by atoms with E-state index in [1.165, 1.54) is 10.5 Å². The van der Waals surface area contributed by atoms with E-state index in [9.17, 15) is 14.4 Å². The first kappa shape index (κ1) is 16.1. The van der Waals surface area contributed by atoms with Crippen molar-refractivity contribution in [3.63, 3.8) is 0 Å². The molecular weight excluding hydrogens is 316 g/mol. The minimum atomic E-state index is -0.269. The number of nitrogens with one attached hydrogen (secondary N) is 1. The molecule has 4 atom stereocenters. The predicted molar refractivity (Wildman–Crippen MR) is 92.3 cm³/mol. The standard InChI is InChI=1S/C20H22N2O3/c1-12-2-4-13(5-3-12)8-9-21-16(23)11-22-19(24)17-14-6-7-15(10-14)18(17)20(22)25/h2-7,14-15,17-18H,8-11H2,1H3,(H,21,23)/t14-,15-,17+,18+/m0/s1. The lowest BCUT2D eigenvalue weighted by Gasteiger charge is -2.16. The minimum Gasteiger partial charge on any atom is -0.354 e. The van der Waals surface area contributed by atoms with Gasteiger partial charge in [0.05, 0.1) is 11.8 Å². The summed E-state index contributed by atoms with van der Waals surface area (Å²) >= 11 is 0. The molecule has 0 radical (unpaired) electrons. The van der Waals surface area contributed by atoms with Gasteiger partial charge in [-0.25, -0.2) is 0 Å². The fraction of sp³-hybridized carbons (Fsp3) is 0.450. The van der Waals surface area contributed by atoms with E-state index in [4.69, 9.17) is 0 Å². The highest BCUT2D eigenvalue weighted by atomic mass is 16.2. The quantitative estimate of drug-likeness (QED) is 0.653. The first-order valence-electron chi connectivity index (χ1n) is 8.90. The number of carbonyl (C=O) groups is 3. The summed E-state index contributed by atoms with van der Waals surface area (Å²) in [7, 11) is 0. The maximum atomic E-state index is 12.5. The number of aryl methyl sites for hydroxylation is 1. The van der Waals surface area contributed by atoms with Gasteiger partial charge in [-0.2, -0.15) is 0 Å². The van der Waals surface area contributed by atoms with Crippen LogP contribution in [0.15, 0.2) is 36.4 Å². The SMILES string of the molecule is Cc1ccc(CCNC(=O)CN2C(=O)[C@H]3[C@H](C2=O)[C@H]2C=C[C@H]3C2)cc1. The Kier molecular flexibility index (Phi) is 3.94. The zero-order valence-corrected chi connectivity index (χ0v) is 14.3. The third-order valence-electron chi connectivity index (χ3n) is 5.72. The van der Waals surface area contributed by atoms with Crippen molar-refractivity contribution >= 4 is 17.7 Å². The second-order valence-electron chi connectivity index (χ2n) is 7.35. The number of nitrogens with zero attached hydrogens (tertiary/aromatic N) is 1. The summed E-state index contributed by atoms with van der Waals surface area (Å²) in [6.45, 7) is 2.38. The van der Waals surface area contributed by atoms with Gasteiger partial charge in [0.2, 0.25) is 17.7 Å². The first-order chi connectivity index (χ1) is 12.0. The van der Waals surface area contributed by atoms with E-state index in [1.807, 2.05) is 31.2 Å². The van der Waals surface area contributed by atoms with Crippen molar-refractivity contribution in [3.05, 3.63) is 47.5 Å². The lowest BCUT2D eigenvalue weighted by atomic mass is 9.85. The van der Waals surface area contributed by atoms with E-state index < -0.39 is 0 Å². The summed E-state index contributed by atoms with van der Waals surface area (Å²) in [6, 6.07) is 8.16. The van der Waals surface area contributed by atoms with Crippen LogP contribution in [-0.2, 0) is 20.8 Å². The molecule has 1 saturated carbocycles. The maximum Gasteiger partial charge on any atom is 0.240 e. The molecule has 2 aliphatic carbocycles. The Bertz CT molecular complexity index is 723. The highest BCUT2D eigenvalue weighted by molar-refractivity contribution is 6.08. The molecular formula is C20H22N2O3. The Morgan fingerprint density at radius 3 is 2.28 bits per heavy atom. The molecule has 0 aromatic heterocycles. The zero-order valence-electron chi connectivity index (χ0n) is 14.3. The number of rotatable bonds is 5. The molecule has 2 bridgehead atoms. The van der Waals surface area contributed by atoms with Gasteiger partial charge in [0.1, 0.15) is 6.54 Å². The molecule has 3 amide bonds. The smallest absolute Gasteiger partial charge is 0.240 e. The lowest BCUT2D eigenvalue weighted by Crippen LogP contribution is -2.42. The van der Waals surface area contributed by atoms with Crippen LogP contribution in [0, 0.1) is 30.6 Å². The van der Waals surface area contributed by atoms with Crippen molar-refractivity contribution < 1.29 is 14.4 Å². The van der Waals surface area contributed by atoms with Gasteiger partial charge in [0.15, 0.2) is 0 Å². The van der Waals surface area contributed by atoms with Gasteiger partial charge in [-0.05, 0) is 37.2 Å². The van der Waals surface area contributed by atoms with Gasteiger partial charge in [0.25, 0.3) is 0 Å². The van der Waals surface area contributed by atoms with Crippen LogP contribution in [-0.4, -0.2) is 35.7 Å². The number of imide groups is 1. The van der Waals surface area contributed by atoms with Crippen molar-refractivity contribution in [2.75, 3.05) is 13.1 Å². The summed E-state index contributed by atoms with van der Waals surface area (Å²) in [5, 5.41) is 2.82. The van der Waals surface area contributed by atoms with Crippen molar-refractivity contribution in [3.8, 4) is 0 Å². The van der Waals surface area contributed by atoms with Crippen LogP contribution in [0.1, 0.15) is 17.5 Å². The number of likely N-dealkylation sites (tertiary alicyclic amines) is 1. The van der Waals surface area contributed by atoms with E-state index in [-0.39, 0.29) is 47.9 Å². The average Bonchev–Trinajstić information content (AvgIpc) is 3.27. The largest absolute Gasteiger partial charge is 0.354 e. The van der Waals surface area contributed by atoms with E-state index >= 15 is 0 Å². The topological polar surface area (TPSA) is 66.5 Å². The molecule has 1 saturated heterocycles. The number of carbonyl (C=O) groups excluding carboxylic acids is 3. The highest BCUT2D eigenvalue weighted by Gasteiger charge is 2.59. The monoisotopic (exact) mass is 338 g/mol. The van der Waals surface area contributed by atoms with Crippen LogP contribution >= 0.6 is 0 Å². The van der Waals surface area contributed by atoms with Crippen molar-refractivity contribution in [1.29, 1.82) is 0 Å². The number of amides is 3. The molecule has 1 heterocycles. The number of hydrogen-bond acceptors (Lipinski definition) is 3. The Hall–Kier alpha value is -2.43. The lowest BCUT2D eigenvalue weighted by molar-refractivity contribution is -0.144. The summed E-state index contributed by atoms with van der Waals surface area (Å²) in [6.07, 6.45) is 5.75. The Morgan fingerprint density at radius 2 is 1.68 bits per heavy atom. The molecule has 5 heteroatoms. The average molecular weight is 338 g/mol. The first-order valence-corrected chi connectivity index (χ1v) is 8.90. The van der Waals surface area contributed by atoms with Crippen LogP contribution in [0.25, 0.3) is 0 Å².